The molecule has 1 saturated heterocycles. The Bertz CT molecular complexity index is 559. The van der Waals surface area contributed by atoms with E-state index in [1.807, 2.05) is 6.07 Å². The number of phenols is 1. The van der Waals surface area contributed by atoms with Crippen LogP contribution >= 0.6 is 0 Å². The van der Waals surface area contributed by atoms with E-state index < -0.39 is 5.82 Å². The van der Waals surface area contributed by atoms with Crippen LogP contribution in [0.25, 0.3) is 0 Å². The number of aromatic hydroxyl groups is 1. The van der Waals surface area contributed by atoms with E-state index in [9.17, 15) is 9.50 Å². The molecule has 1 aliphatic carbocycles. The van der Waals surface area contributed by atoms with E-state index in [-0.39, 0.29) is 17.4 Å². The molecule has 4 nitrogen and oxygen atoms in total. The SMILES string of the molecule is N#Cc1cc(F)c(O)c([C@H](C2CCC2)N2CCNCC2)c1. The summed E-state index contributed by atoms with van der Waals surface area (Å²) in [6, 6.07) is 4.77. The van der Waals surface area contributed by atoms with Crippen molar-refractivity contribution in [2.24, 2.45) is 5.92 Å². The second kappa shape index (κ2) is 6.00. The Morgan fingerprint density at radius 3 is 2.62 bits per heavy atom. The molecule has 1 aromatic carbocycles. The van der Waals surface area contributed by atoms with Crippen LogP contribution in [0.15, 0.2) is 12.1 Å². The van der Waals surface area contributed by atoms with Crippen LogP contribution in [0.4, 0.5) is 4.39 Å². The molecule has 1 aliphatic heterocycles. The van der Waals surface area contributed by atoms with Crippen molar-refractivity contribution < 1.29 is 9.50 Å². The molecular formula is C16H20FN3O. The highest BCUT2D eigenvalue weighted by Crippen LogP contribution is 2.44. The summed E-state index contributed by atoms with van der Waals surface area (Å²) in [5.74, 6) is -0.532. The van der Waals surface area contributed by atoms with Crippen LogP contribution in [0.5, 0.6) is 5.75 Å². The third kappa shape index (κ3) is 2.74. The highest BCUT2D eigenvalue weighted by atomic mass is 19.1. The predicted octanol–water partition coefficient (Wildman–Crippen LogP) is 2.15. The van der Waals surface area contributed by atoms with E-state index in [1.165, 1.54) is 6.42 Å². The third-order valence-corrected chi connectivity index (χ3v) is 4.68. The van der Waals surface area contributed by atoms with Crippen LogP contribution in [0.2, 0.25) is 0 Å². The van der Waals surface area contributed by atoms with Crippen LogP contribution in [0.1, 0.15) is 36.4 Å². The lowest BCUT2D eigenvalue weighted by Gasteiger charge is -2.43. The summed E-state index contributed by atoms with van der Waals surface area (Å²) in [6.45, 7) is 3.59. The monoisotopic (exact) mass is 289 g/mol. The van der Waals surface area contributed by atoms with Gasteiger partial charge in [-0.25, -0.2) is 4.39 Å². The van der Waals surface area contributed by atoms with Crippen LogP contribution in [0.3, 0.4) is 0 Å². The molecule has 0 bridgehead atoms. The molecule has 0 unspecified atom stereocenters. The molecule has 0 spiro atoms. The maximum Gasteiger partial charge on any atom is 0.166 e. The zero-order chi connectivity index (χ0) is 14.8. The molecule has 2 N–H and O–H groups in total. The Morgan fingerprint density at radius 1 is 1.33 bits per heavy atom. The molecule has 2 fully saturated rings. The standard InChI is InChI=1S/C16H20FN3O/c17-14-9-11(10-18)8-13(16(14)21)15(12-2-1-3-12)20-6-4-19-5-7-20/h8-9,12,15,19,21H,1-7H2/t15-/m0/s1. The maximum absolute atomic E-state index is 13.9. The van der Waals surface area contributed by atoms with Crippen molar-refractivity contribution in [3.63, 3.8) is 0 Å². The lowest BCUT2D eigenvalue weighted by Crippen LogP contribution is -2.47. The lowest BCUT2D eigenvalue weighted by atomic mass is 9.75. The fraction of sp³-hybridized carbons (Fsp3) is 0.562. The molecule has 1 heterocycles. The number of hydrogen-bond acceptors (Lipinski definition) is 4. The van der Waals surface area contributed by atoms with Crippen LogP contribution < -0.4 is 5.32 Å². The number of nitrogens with one attached hydrogen (secondary N) is 1. The van der Waals surface area contributed by atoms with Crippen molar-refractivity contribution in [2.45, 2.75) is 25.3 Å². The summed E-state index contributed by atoms with van der Waals surface area (Å²) in [4.78, 5) is 2.32. The average Bonchev–Trinajstić information content (AvgIpc) is 2.46. The van der Waals surface area contributed by atoms with E-state index in [0.717, 1.165) is 45.1 Å². The van der Waals surface area contributed by atoms with Gasteiger partial charge in [0.1, 0.15) is 0 Å². The molecule has 3 rings (SSSR count). The third-order valence-electron chi connectivity index (χ3n) is 4.68. The van der Waals surface area contributed by atoms with Crippen molar-refractivity contribution in [1.29, 1.82) is 5.26 Å². The first kappa shape index (κ1) is 14.3. The lowest BCUT2D eigenvalue weighted by molar-refractivity contribution is 0.0815. The van der Waals surface area contributed by atoms with Gasteiger partial charge in [0.15, 0.2) is 11.6 Å². The number of piperazine rings is 1. The largest absolute Gasteiger partial charge is 0.505 e. The van der Waals surface area contributed by atoms with E-state index in [0.29, 0.717) is 11.5 Å². The highest BCUT2D eigenvalue weighted by molar-refractivity contribution is 5.44. The smallest absolute Gasteiger partial charge is 0.166 e. The first-order valence-corrected chi connectivity index (χ1v) is 7.58. The maximum atomic E-state index is 13.9. The number of nitrogens with zero attached hydrogens (tertiary/aromatic N) is 2. The zero-order valence-corrected chi connectivity index (χ0v) is 12.0. The van der Waals surface area contributed by atoms with Gasteiger partial charge in [0, 0.05) is 37.8 Å². The summed E-state index contributed by atoms with van der Waals surface area (Å²) in [6.07, 6.45) is 3.40. The minimum Gasteiger partial charge on any atom is -0.505 e. The molecular weight excluding hydrogens is 269 g/mol. The second-order valence-corrected chi connectivity index (χ2v) is 5.93. The molecule has 21 heavy (non-hydrogen) atoms. The van der Waals surface area contributed by atoms with E-state index in [4.69, 9.17) is 5.26 Å². The minimum absolute atomic E-state index is 0.0173. The molecule has 0 radical (unpaired) electrons. The summed E-state index contributed by atoms with van der Waals surface area (Å²) >= 11 is 0. The van der Waals surface area contributed by atoms with Crippen molar-refractivity contribution in [3.05, 3.63) is 29.1 Å². The fourth-order valence-electron chi connectivity index (χ4n) is 3.37. The van der Waals surface area contributed by atoms with Crippen LogP contribution in [-0.4, -0.2) is 36.2 Å². The van der Waals surface area contributed by atoms with Gasteiger partial charge in [-0.2, -0.15) is 5.26 Å². The Balaban J connectivity index is 1.99. The number of halogens is 1. The minimum atomic E-state index is -0.691. The number of phenolic OH excluding ortho intramolecular Hbond substituents is 1. The van der Waals surface area contributed by atoms with E-state index in [1.54, 1.807) is 6.07 Å². The van der Waals surface area contributed by atoms with Gasteiger partial charge in [0.05, 0.1) is 11.6 Å². The Morgan fingerprint density at radius 2 is 2.05 bits per heavy atom. The van der Waals surface area contributed by atoms with Crippen LogP contribution in [-0.2, 0) is 0 Å². The van der Waals surface area contributed by atoms with Crippen molar-refractivity contribution in [3.8, 4) is 11.8 Å². The van der Waals surface area contributed by atoms with Gasteiger partial charge >= 0.3 is 0 Å². The van der Waals surface area contributed by atoms with Gasteiger partial charge in [-0.15, -0.1) is 0 Å². The summed E-state index contributed by atoms with van der Waals surface area (Å²) in [5.41, 5.74) is 0.859. The number of rotatable bonds is 3. The van der Waals surface area contributed by atoms with Crippen molar-refractivity contribution >= 4 is 0 Å². The van der Waals surface area contributed by atoms with E-state index >= 15 is 0 Å². The Labute approximate surface area is 124 Å². The second-order valence-electron chi connectivity index (χ2n) is 5.93. The Kier molecular flexibility index (Phi) is 4.09. The molecule has 5 heteroatoms. The first-order chi connectivity index (χ1) is 10.2. The van der Waals surface area contributed by atoms with Gasteiger partial charge in [-0.05, 0) is 30.9 Å². The first-order valence-electron chi connectivity index (χ1n) is 7.58. The van der Waals surface area contributed by atoms with Gasteiger partial charge in [-0.1, -0.05) is 6.42 Å². The summed E-state index contributed by atoms with van der Waals surface area (Å²) < 4.78 is 13.9. The van der Waals surface area contributed by atoms with Gasteiger partial charge < -0.3 is 10.4 Å². The topological polar surface area (TPSA) is 59.3 Å². The molecule has 0 aromatic heterocycles. The fourth-order valence-corrected chi connectivity index (χ4v) is 3.37. The molecule has 1 atom stereocenters. The summed E-state index contributed by atoms with van der Waals surface area (Å²) in [7, 11) is 0. The van der Waals surface area contributed by atoms with Crippen molar-refractivity contribution in [2.75, 3.05) is 26.2 Å². The molecule has 2 aliphatic rings. The number of benzene rings is 1. The van der Waals surface area contributed by atoms with Gasteiger partial charge in [0.25, 0.3) is 0 Å². The molecule has 1 saturated carbocycles. The normalized spacial score (nSPS) is 21.5. The summed E-state index contributed by atoms with van der Waals surface area (Å²) in [5, 5.41) is 22.5. The zero-order valence-electron chi connectivity index (χ0n) is 12.0. The number of nitriles is 1. The van der Waals surface area contributed by atoms with Crippen molar-refractivity contribution in [1.82, 2.24) is 10.2 Å². The molecule has 112 valence electrons. The van der Waals surface area contributed by atoms with E-state index in [2.05, 4.69) is 10.2 Å². The quantitative estimate of drug-likeness (QED) is 0.895. The van der Waals surface area contributed by atoms with Gasteiger partial charge in [-0.3, -0.25) is 4.90 Å². The van der Waals surface area contributed by atoms with Gasteiger partial charge in [0.2, 0.25) is 0 Å². The predicted molar refractivity (Wildman–Crippen MR) is 77.3 cm³/mol. The Hall–Kier alpha value is -1.64. The van der Waals surface area contributed by atoms with Crippen LogP contribution in [0, 0.1) is 23.1 Å². The molecule has 1 aromatic rings. The average molecular weight is 289 g/mol. The number of hydrogen-bond donors (Lipinski definition) is 2. The molecule has 0 amide bonds. The highest BCUT2D eigenvalue weighted by Gasteiger charge is 2.35.